The van der Waals surface area contributed by atoms with E-state index in [0.29, 0.717) is 0 Å². The molecule has 0 aliphatic heterocycles. The van der Waals surface area contributed by atoms with Crippen LogP contribution in [0.25, 0.3) is 86.3 Å². The van der Waals surface area contributed by atoms with Crippen LogP contribution in [0, 0.1) is 0 Å². The van der Waals surface area contributed by atoms with Gasteiger partial charge in [0.15, 0.2) is 0 Å². The van der Waals surface area contributed by atoms with Crippen LogP contribution in [-0.4, -0.2) is 9.13 Å². The van der Waals surface area contributed by atoms with Crippen LogP contribution >= 0.6 is 11.3 Å². The summed E-state index contributed by atoms with van der Waals surface area (Å²) in [5.41, 5.74) is 9.73. The Morgan fingerprint density at radius 1 is 0.378 bits per heavy atom. The summed E-state index contributed by atoms with van der Waals surface area (Å²) in [6.07, 6.45) is 0. The van der Waals surface area contributed by atoms with Gasteiger partial charge in [-0.25, -0.2) is 0 Å². The second-order valence-electron chi connectivity index (χ2n) is 11.7. The molecule has 0 saturated carbocycles. The maximum absolute atomic E-state index is 2.49. The summed E-state index contributed by atoms with van der Waals surface area (Å²) in [6.45, 7) is 0. The zero-order valence-electron chi connectivity index (χ0n) is 24.3. The van der Waals surface area contributed by atoms with Crippen molar-refractivity contribution in [2.24, 2.45) is 0 Å². The third kappa shape index (κ3) is 3.50. The number of nitrogens with zero attached hydrogens (tertiary/aromatic N) is 2. The molecule has 3 aromatic heterocycles. The van der Waals surface area contributed by atoms with Gasteiger partial charge in [-0.05, 0) is 65.7 Å². The molecular formula is C42H26N2S. The van der Waals surface area contributed by atoms with E-state index in [1.54, 1.807) is 0 Å². The summed E-state index contributed by atoms with van der Waals surface area (Å²) < 4.78 is 7.55. The van der Waals surface area contributed by atoms with Crippen LogP contribution in [0.2, 0.25) is 0 Å². The second-order valence-corrected chi connectivity index (χ2v) is 12.8. The number of thiophene rings is 1. The van der Waals surface area contributed by atoms with Gasteiger partial charge in [-0.15, -0.1) is 11.3 Å². The molecule has 0 atom stereocenters. The molecule has 3 heterocycles. The molecule has 210 valence electrons. The molecule has 10 rings (SSSR count). The Bertz CT molecular complexity index is 2760. The lowest BCUT2D eigenvalue weighted by Gasteiger charge is -2.12. The molecule has 10 aromatic rings. The van der Waals surface area contributed by atoms with Crippen molar-refractivity contribution in [2.75, 3.05) is 0 Å². The largest absolute Gasteiger partial charge is 0.309 e. The summed E-state index contributed by atoms with van der Waals surface area (Å²) in [7, 11) is 0. The van der Waals surface area contributed by atoms with Crippen molar-refractivity contribution in [1.82, 2.24) is 9.13 Å². The van der Waals surface area contributed by atoms with Crippen LogP contribution in [0.4, 0.5) is 0 Å². The first-order valence-corrected chi connectivity index (χ1v) is 16.2. The van der Waals surface area contributed by atoms with E-state index in [-0.39, 0.29) is 0 Å². The average molecular weight is 591 g/mol. The molecule has 0 spiro atoms. The van der Waals surface area contributed by atoms with Crippen molar-refractivity contribution >= 4 is 75.1 Å². The molecule has 0 bridgehead atoms. The highest BCUT2D eigenvalue weighted by Crippen LogP contribution is 2.43. The van der Waals surface area contributed by atoms with Gasteiger partial charge in [-0.3, -0.25) is 0 Å². The van der Waals surface area contributed by atoms with Crippen LogP contribution in [0.3, 0.4) is 0 Å². The molecule has 0 amide bonds. The fourth-order valence-corrected chi connectivity index (χ4v) is 8.59. The molecule has 0 aliphatic carbocycles. The molecular weight excluding hydrogens is 565 g/mol. The maximum Gasteiger partial charge on any atom is 0.0562 e. The molecule has 7 aromatic carbocycles. The van der Waals surface area contributed by atoms with E-state index in [0.717, 1.165) is 0 Å². The molecule has 0 aliphatic rings. The van der Waals surface area contributed by atoms with Crippen molar-refractivity contribution in [3.05, 3.63) is 158 Å². The molecule has 0 N–H and O–H groups in total. The van der Waals surface area contributed by atoms with Gasteiger partial charge >= 0.3 is 0 Å². The molecule has 3 heteroatoms. The van der Waals surface area contributed by atoms with E-state index >= 15 is 0 Å². The highest BCUT2D eigenvalue weighted by molar-refractivity contribution is 7.25. The first-order chi connectivity index (χ1) is 22.3. The summed E-state index contributed by atoms with van der Waals surface area (Å²) in [6, 6.07) is 57.6. The number of aromatic nitrogens is 2. The van der Waals surface area contributed by atoms with E-state index in [4.69, 9.17) is 0 Å². The number of rotatable bonds is 3. The lowest BCUT2D eigenvalue weighted by atomic mass is 9.98. The minimum atomic E-state index is 1.17. The highest BCUT2D eigenvalue weighted by Gasteiger charge is 2.20. The van der Waals surface area contributed by atoms with Crippen LogP contribution in [0.15, 0.2) is 158 Å². The van der Waals surface area contributed by atoms with Gasteiger partial charge in [0.25, 0.3) is 0 Å². The van der Waals surface area contributed by atoms with Crippen molar-refractivity contribution in [3.8, 4) is 22.5 Å². The van der Waals surface area contributed by atoms with Gasteiger partial charge in [0.1, 0.15) is 0 Å². The SMILES string of the molecule is c1ccc(-n2c3ccccc3c3c(-n4c5ccccc5c5ccc(-c6cccc7sc8ccccc8c67)cc54)cccc32)cc1. The van der Waals surface area contributed by atoms with Gasteiger partial charge in [0.05, 0.1) is 27.8 Å². The average Bonchev–Trinajstić information content (AvgIpc) is 3.76. The Kier molecular flexibility index (Phi) is 5.19. The summed E-state index contributed by atoms with van der Waals surface area (Å²) in [5.74, 6) is 0. The minimum absolute atomic E-state index is 1.17. The molecule has 0 saturated heterocycles. The Hall–Kier alpha value is -5.64. The first kappa shape index (κ1) is 24.8. The van der Waals surface area contributed by atoms with E-state index < -0.39 is 0 Å². The number of fused-ring (bicyclic) bond motifs is 9. The van der Waals surface area contributed by atoms with Gasteiger partial charge in [0.2, 0.25) is 0 Å². The maximum atomic E-state index is 2.49. The monoisotopic (exact) mass is 590 g/mol. The summed E-state index contributed by atoms with van der Waals surface area (Å²) in [4.78, 5) is 0. The predicted molar refractivity (Wildman–Crippen MR) is 193 cm³/mol. The van der Waals surface area contributed by atoms with Crippen LogP contribution in [-0.2, 0) is 0 Å². The fourth-order valence-electron chi connectivity index (χ4n) is 7.45. The predicted octanol–water partition coefficient (Wildman–Crippen LogP) is 11.9. The van der Waals surface area contributed by atoms with Crippen molar-refractivity contribution in [3.63, 3.8) is 0 Å². The quantitative estimate of drug-likeness (QED) is 0.194. The Morgan fingerprint density at radius 2 is 1.02 bits per heavy atom. The van der Waals surface area contributed by atoms with E-state index in [1.807, 2.05) is 11.3 Å². The van der Waals surface area contributed by atoms with Crippen LogP contribution in [0.5, 0.6) is 0 Å². The molecule has 0 radical (unpaired) electrons. The Morgan fingerprint density at radius 3 is 1.89 bits per heavy atom. The van der Waals surface area contributed by atoms with E-state index in [9.17, 15) is 0 Å². The van der Waals surface area contributed by atoms with Gasteiger partial charge in [-0.2, -0.15) is 0 Å². The van der Waals surface area contributed by atoms with E-state index in [1.165, 1.54) is 86.3 Å². The van der Waals surface area contributed by atoms with Crippen LogP contribution in [0.1, 0.15) is 0 Å². The van der Waals surface area contributed by atoms with Gasteiger partial charge in [-0.1, -0.05) is 103 Å². The smallest absolute Gasteiger partial charge is 0.0562 e. The topological polar surface area (TPSA) is 9.86 Å². The number of benzene rings is 7. The van der Waals surface area contributed by atoms with Crippen molar-refractivity contribution < 1.29 is 0 Å². The summed E-state index contributed by atoms with van der Waals surface area (Å²) in [5, 5.41) is 7.71. The third-order valence-corrected chi connectivity index (χ3v) is 10.5. The first-order valence-electron chi connectivity index (χ1n) is 15.4. The molecule has 0 fully saturated rings. The number of para-hydroxylation sites is 3. The fraction of sp³-hybridized carbons (Fsp3) is 0. The molecule has 0 unspecified atom stereocenters. The Labute approximate surface area is 263 Å². The number of hydrogen-bond donors (Lipinski definition) is 0. The van der Waals surface area contributed by atoms with E-state index in [2.05, 4.69) is 167 Å². The summed E-state index contributed by atoms with van der Waals surface area (Å²) >= 11 is 1.87. The second kappa shape index (κ2) is 9.43. The van der Waals surface area contributed by atoms with Gasteiger partial charge < -0.3 is 9.13 Å². The van der Waals surface area contributed by atoms with Crippen molar-refractivity contribution in [2.45, 2.75) is 0 Å². The van der Waals surface area contributed by atoms with Crippen LogP contribution < -0.4 is 0 Å². The standard InChI is InChI=1S/C42H26N2S/c1-2-12-28(13-3-1)43-35-19-8-5-15-32(35)42-36(43)20-11-21-37(42)44-34-18-7-4-14-30(34)31-25-24-27(26-38(31)44)29-17-10-23-40-41(29)33-16-6-9-22-39(33)45-40/h1-26H. The lowest BCUT2D eigenvalue weighted by Crippen LogP contribution is -1.96. The lowest BCUT2D eigenvalue weighted by molar-refractivity contribution is 1.17. The zero-order valence-corrected chi connectivity index (χ0v) is 25.1. The normalized spacial score (nSPS) is 12.0. The highest BCUT2D eigenvalue weighted by atomic mass is 32.1. The molecule has 45 heavy (non-hydrogen) atoms. The molecule has 2 nitrogen and oxygen atoms in total. The van der Waals surface area contributed by atoms with Gasteiger partial charge in [0, 0.05) is 47.4 Å². The minimum Gasteiger partial charge on any atom is -0.309 e. The van der Waals surface area contributed by atoms with Crippen molar-refractivity contribution in [1.29, 1.82) is 0 Å². The number of hydrogen-bond acceptors (Lipinski definition) is 1. The third-order valence-electron chi connectivity index (χ3n) is 9.32. The Balaban J connectivity index is 1.32. The zero-order chi connectivity index (χ0) is 29.5.